The van der Waals surface area contributed by atoms with Crippen LogP contribution in [0.3, 0.4) is 0 Å². The van der Waals surface area contributed by atoms with Crippen LogP contribution in [0.4, 0.5) is 0 Å². The molecule has 0 aliphatic carbocycles. The van der Waals surface area contributed by atoms with Crippen molar-refractivity contribution in [2.75, 3.05) is 0 Å². The van der Waals surface area contributed by atoms with Crippen molar-refractivity contribution in [1.82, 2.24) is 0 Å². The zero-order valence-corrected chi connectivity index (χ0v) is 17.1. The van der Waals surface area contributed by atoms with Crippen molar-refractivity contribution >= 4 is 0 Å². The molecule has 0 aromatic rings. The number of hydrogen-bond acceptors (Lipinski definition) is 4. The van der Waals surface area contributed by atoms with Crippen LogP contribution >= 0.6 is 0 Å². The minimum absolute atomic E-state index is 0.254. The normalized spacial score (nSPS) is 15.7. The van der Waals surface area contributed by atoms with Gasteiger partial charge in [0.2, 0.25) is 0 Å². The van der Waals surface area contributed by atoms with Crippen molar-refractivity contribution in [1.29, 1.82) is 0 Å². The Morgan fingerprint density at radius 2 is 1.23 bits per heavy atom. The Bertz CT molecular complexity index is 402. The summed E-state index contributed by atoms with van der Waals surface area (Å²) in [6, 6.07) is 0. The molecule has 4 N–H and O–H groups in total. The van der Waals surface area contributed by atoms with Crippen molar-refractivity contribution in [3.05, 3.63) is 24.3 Å². The topological polar surface area (TPSA) is 80.9 Å². The summed E-state index contributed by atoms with van der Waals surface area (Å²) >= 11 is 0. The van der Waals surface area contributed by atoms with Gasteiger partial charge in [-0.15, -0.1) is 0 Å². The number of aliphatic hydroxyl groups is 4. The molecule has 4 nitrogen and oxygen atoms in total. The summed E-state index contributed by atoms with van der Waals surface area (Å²) in [5, 5.41) is 36.5. The average Bonchev–Trinajstić information content (AvgIpc) is 2.59. The Kier molecular flexibility index (Phi) is 21.1. The highest BCUT2D eigenvalue weighted by Gasteiger charge is 2.04. The highest BCUT2D eigenvalue weighted by Crippen LogP contribution is 2.07. The Labute approximate surface area is 160 Å². The van der Waals surface area contributed by atoms with Crippen LogP contribution in [-0.4, -0.2) is 44.8 Å². The first-order valence-corrected chi connectivity index (χ1v) is 9.86. The first-order chi connectivity index (χ1) is 12.3. The maximum absolute atomic E-state index is 9.45. The zero-order valence-electron chi connectivity index (χ0n) is 17.1. The summed E-state index contributed by atoms with van der Waals surface area (Å²) in [6.07, 6.45) is 13.2. The maximum Gasteiger partial charge on any atom is 0.115 e. The van der Waals surface area contributed by atoms with E-state index in [0.717, 1.165) is 32.1 Å². The monoisotopic (exact) mass is 368 g/mol. The van der Waals surface area contributed by atoms with E-state index in [-0.39, 0.29) is 12.2 Å². The molecule has 0 saturated carbocycles. The molecule has 0 heterocycles. The molecule has 26 heavy (non-hydrogen) atoms. The Morgan fingerprint density at radius 1 is 0.692 bits per heavy atom. The maximum atomic E-state index is 9.45. The van der Waals surface area contributed by atoms with E-state index in [1.807, 2.05) is 6.08 Å². The van der Waals surface area contributed by atoms with Crippen LogP contribution in [0.15, 0.2) is 24.3 Å². The van der Waals surface area contributed by atoms with E-state index >= 15 is 0 Å². The number of hydrogen-bond donors (Lipinski definition) is 4. The van der Waals surface area contributed by atoms with Crippen molar-refractivity contribution in [2.45, 2.75) is 103 Å². The lowest BCUT2D eigenvalue weighted by molar-refractivity contribution is 0.117. The predicted octanol–water partition coefficient (Wildman–Crippen LogP) is 3.73. The van der Waals surface area contributed by atoms with E-state index in [0.29, 0.717) is 19.3 Å². The third-order valence-corrected chi connectivity index (χ3v) is 3.45. The molecule has 4 atom stereocenters. The molecule has 0 rings (SSSR count). The molecule has 0 fully saturated rings. The van der Waals surface area contributed by atoms with Gasteiger partial charge >= 0.3 is 0 Å². The van der Waals surface area contributed by atoms with Gasteiger partial charge in [-0.1, -0.05) is 50.0 Å². The summed E-state index contributed by atoms with van der Waals surface area (Å²) in [5.74, 6) is 5.10. The molecular formula is C22H40O4. The molecule has 4 unspecified atom stereocenters. The van der Waals surface area contributed by atoms with E-state index in [2.05, 4.69) is 43.9 Å². The van der Waals surface area contributed by atoms with Crippen LogP contribution in [0.1, 0.15) is 79.1 Å². The van der Waals surface area contributed by atoms with Crippen molar-refractivity contribution in [3.8, 4) is 11.8 Å². The van der Waals surface area contributed by atoms with Crippen LogP contribution in [0.25, 0.3) is 0 Å². The average molecular weight is 369 g/mol. The summed E-state index contributed by atoms with van der Waals surface area (Å²) in [4.78, 5) is 0. The molecule has 0 amide bonds. The van der Waals surface area contributed by atoms with Gasteiger partial charge in [-0.05, 0) is 65.2 Å². The first-order valence-electron chi connectivity index (χ1n) is 9.86. The summed E-state index contributed by atoms with van der Waals surface area (Å²) < 4.78 is 0. The molecule has 0 spiro atoms. The second kappa shape index (κ2) is 20.2. The number of aliphatic hydroxyl groups excluding tert-OH is 4. The van der Waals surface area contributed by atoms with Gasteiger partial charge in [0.25, 0.3) is 0 Å². The molecule has 0 aromatic heterocycles. The van der Waals surface area contributed by atoms with E-state index in [4.69, 9.17) is 10.2 Å². The molecule has 0 aliphatic rings. The van der Waals surface area contributed by atoms with Gasteiger partial charge in [-0.2, -0.15) is 0 Å². The van der Waals surface area contributed by atoms with Crippen LogP contribution in [0.2, 0.25) is 0 Å². The second-order valence-corrected chi connectivity index (χ2v) is 6.47. The van der Waals surface area contributed by atoms with Gasteiger partial charge in [-0.25, -0.2) is 0 Å². The first kappa shape index (κ1) is 27.1. The van der Waals surface area contributed by atoms with Crippen molar-refractivity contribution < 1.29 is 20.4 Å². The SMILES string of the molecule is CC/C=C/CCC(O)C#CC(C)O.CC/C=C/CCC(O)CCC(C)O. The van der Waals surface area contributed by atoms with Gasteiger partial charge in [0, 0.05) is 0 Å². The Morgan fingerprint density at radius 3 is 1.69 bits per heavy atom. The molecule has 0 saturated heterocycles. The van der Waals surface area contributed by atoms with E-state index in [1.54, 1.807) is 13.8 Å². The Balaban J connectivity index is 0. The predicted molar refractivity (Wildman–Crippen MR) is 110 cm³/mol. The number of rotatable bonds is 11. The van der Waals surface area contributed by atoms with Gasteiger partial charge in [0.05, 0.1) is 12.2 Å². The Hall–Kier alpha value is -1.12. The van der Waals surface area contributed by atoms with Gasteiger partial charge in [-0.3, -0.25) is 0 Å². The lowest BCUT2D eigenvalue weighted by Crippen LogP contribution is -2.10. The number of allylic oxidation sites excluding steroid dienone is 4. The lowest BCUT2D eigenvalue weighted by Gasteiger charge is -2.09. The van der Waals surface area contributed by atoms with Crippen molar-refractivity contribution in [3.63, 3.8) is 0 Å². The summed E-state index contributed by atoms with van der Waals surface area (Å²) in [6.45, 7) is 7.50. The van der Waals surface area contributed by atoms with E-state index < -0.39 is 12.2 Å². The van der Waals surface area contributed by atoms with Crippen LogP contribution in [0, 0.1) is 11.8 Å². The zero-order chi connectivity index (χ0) is 20.2. The minimum Gasteiger partial charge on any atom is -0.393 e. The molecule has 0 aromatic carbocycles. The highest BCUT2D eigenvalue weighted by atomic mass is 16.3. The fraction of sp³-hybridized carbons (Fsp3) is 0.727. The standard InChI is InChI=1S/C11H22O2.C11H18O2/c2*1-3-4-5-6-7-11(13)9-8-10(2)12/h4-5,10-13H,3,6-9H2,1-2H3;4-5,10-13H,3,6-7H2,1-2H3/b2*5-4+. The van der Waals surface area contributed by atoms with Gasteiger partial charge < -0.3 is 20.4 Å². The van der Waals surface area contributed by atoms with Gasteiger partial charge in [0.1, 0.15) is 12.2 Å². The van der Waals surface area contributed by atoms with Crippen LogP contribution in [-0.2, 0) is 0 Å². The fourth-order valence-corrected chi connectivity index (χ4v) is 1.98. The summed E-state index contributed by atoms with van der Waals surface area (Å²) in [7, 11) is 0. The third-order valence-electron chi connectivity index (χ3n) is 3.45. The van der Waals surface area contributed by atoms with E-state index in [9.17, 15) is 10.2 Å². The molecule has 0 bridgehead atoms. The third kappa shape index (κ3) is 25.1. The smallest absolute Gasteiger partial charge is 0.115 e. The van der Waals surface area contributed by atoms with Gasteiger partial charge in [0.15, 0.2) is 0 Å². The molecule has 152 valence electrons. The quantitative estimate of drug-likeness (QED) is 0.331. The van der Waals surface area contributed by atoms with Crippen LogP contribution in [0.5, 0.6) is 0 Å². The molecule has 4 heteroatoms. The summed E-state index contributed by atoms with van der Waals surface area (Å²) in [5.41, 5.74) is 0. The minimum atomic E-state index is -0.652. The van der Waals surface area contributed by atoms with Crippen LogP contribution < -0.4 is 0 Å². The largest absolute Gasteiger partial charge is 0.393 e. The highest BCUT2D eigenvalue weighted by molar-refractivity contribution is 5.08. The molecular weight excluding hydrogens is 328 g/mol. The molecule has 0 radical (unpaired) electrons. The molecule has 0 aliphatic heterocycles. The van der Waals surface area contributed by atoms with Crippen molar-refractivity contribution in [2.24, 2.45) is 0 Å². The second-order valence-electron chi connectivity index (χ2n) is 6.47. The van der Waals surface area contributed by atoms with E-state index in [1.165, 1.54) is 0 Å². The fourth-order valence-electron chi connectivity index (χ4n) is 1.98. The lowest BCUT2D eigenvalue weighted by atomic mass is 10.1.